The number of benzene rings is 2. The molecule has 168 valence electrons. The quantitative estimate of drug-likeness (QED) is 0.694. The molecule has 1 N–H and O–H groups in total. The van der Waals surface area contributed by atoms with Crippen LogP contribution < -0.4 is 15.0 Å². The number of nitrogens with zero attached hydrogens (tertiary/aromatic N) is 1. The zero-order valence-electron chi connectivity index (χ0n) is 18.3. The molecule has 0 spiro atoms. The molecular weight excluding hydrogens is 405 g/mol. The molecule has 0 bridgehead atoms. The number of methoxy groups -OCH3 is 1. The Hall–Kier alpha value is -2.54. The van der Waals surface area contributed by atoms with Gasteiger partial charge < -0.3 is 15.0 Å². The smallest absolute Gasteiger partial charge is 0.416 e. The molecule has 0 radical (unpaired) electrons. The lowest BCUT2D eigenvalue weighted by molar-refractivity contribution is -0.138. The number of nitrogens with one attached hydrogen (secondary N) is 1. The molecule has 0 fully saturated rings. The Kier molecular flexibility index (Phi) is 6.94. The van der Waals surface area contributed by atoms with Crippen LogP contribution in [0.1, 0.15) is 43.4 Å². The van der Waals surface area contributed by atoms with Crippen molar-refractivity contribution in [3.8, 4) is 5.75 Å². The molecule has 1 aliphatic heterocycles. The van der Waals surface area contributed by atoms with Crippen LogP contribution in [0.4, 0.5) is 18.9 Å². The summed E-state index contributed by atoms with van der Waals surface area (Å²) in [7, 11) is 1.56. The number of carbonyl (C=O) groups is 1. The van der Waals surface area contributed by atoms with Gasteiger partial charge in [0.1, 0.15) is 5.75 Å². The zero-order chi connectivity index (χ0) is 22.8. The van der Waals surface area contributed by atoms with E-state index in [4.69, 9.17) is 4.74 Å². The molecule has 31 heavy (non-hydrogen) atoms. The molecule has 2 atom stereocenters. The Balaban J connectivity index is 2.08. The van der Waals surface area contributed by atoms with Crippen molar-refractivity contribution < 1.29 is 22.7 Å². The number of amides is 1. The third-order valence-corrected chi connectivity index (χ3v) is 5.86. The molecule has 3 rings (SSSR count). The van der Waals surface area contributed by atoms with Crippen LogP contribution in [0.3, 0.4) is 0 Å². The predicted molar refractivity (Wildman–Crippen MR) is 116 cm³/mol. The van der Waals surface area contributed by atoms with Crippen LogP contribution in [0, 0.1) is 5.92 Å². The number of anilines is 1. The topological polar surface area (TPSA) is 41.6 Å². The lowest BCUT2D eigenvalue weighted by atomic mass is 9.82. The fourth-order valence-corrected chi connectivity index (χ4v) is 4.19. The van der Waals surface area contributed by atoms with Gasteiger partial charge in [-0.25, -0.2) is 0 Å². The van der Waals surface area contributed by atoms with Crippen LogP contribution in [0.15, 0.2) is 42.5 Å². The monoisotopic (exact) mass is 434 g/mol. The first-order valence-electron chi connectivity index (χ1n) is 10.5. The van der Waals surface area contributed by atoms with Gasteiger partial charge in [-0.1, -0.05) is 39.0 Å². The second-order valence-electron chi connectivity index (χ2n) is 8.27. The summed E-state index contributed by atoms with van der Waals surface area (Å²) < 4.78 is 46.8. The van der Waals surface area contributed by atoms with Gasteiger partial charge in [0.2, 0.25) is 5.91 Å². The van der Waals surface area contributed by atoms with Gasteiger partial charge in [-0.15, -0.1) is 0 Å². The molecule has 0 saturated heterocycles. The average Bonchev–Trinajstić information content (AvgIpc) is 2.83. The van der Waals surface area contributed by atoms with Crippen molar-refractivity contribution >= 4 is 11.6 Å². The summed E-state index contributed by atoms with van der Waals surface area (Å²) >= 11 is 0. The van der Waals surface area contributed by atoms with Crippen LogP contribution in [0.5, 0.6) is 5.75 Å². The molecule has 1 heterocycles. The third-order valence-electron chi connectivity index (χ3n) is 5.86. The van der Waals surface area contributed by atoms with E-state index in [0.29, 0.717) is 24.5 Å². The molecule has 2 aromatic rings. The second-order valence-corrected chi connectivity index (χ2v) is 8.27. The Bertz CT molecular complexity index is 910. The largest absolute Gasteiger partial charge is 0.497 e. The summed E-state index contributed by atoms with van der Waals surface area (Å²) in [5, 5.41) is 3.25. The number of hydrogen-bond donors (Lipinski definition) is 1. The van der Waals surface area contributed by atoms with Crippen molar-refractivity contribution in [1.29, 1.82) is 0 Å². The van der Waals surface area contributed by atoms with E-state index in [9.17, 15) is 18.0 Å². The summed E-state index contributed by atoms with van der Waals surface area (Å²) in [6, 6.07) is 11.5. The first-order valence-corrected chi connectivity index (χ1v) is 10.5. The number of ether oxygens (including phenoxy) is 1. The maximum absolute atomic E-state index is 13.9. The van der Waals surface area contributed by atoms with E-state index < -0.39 is 17.7 Å². The minimum absolute atomic E-state index is 0.137. The minimum Gasteiger partial charge on any atom is -0.497 e. The van der Waals surface area contributed by atoms with Crippen molar-refractivity contribution in [2.24, 2.45) is 5.92 Å². The molecule has 0 unspecified atom stereocenters. The van der Waals surface area contributed by atoms with Gasteiger partial charge in [0.05, 0.1) is 12.7 Å². The number of fused-ring (bicyclic) bond motifs is 1. The van der Waals surface area contributed by atoms with Crippen molar-refractivity contribution in [3.05, 3.63) is 59.2 Å². The highest BCUT2D eigenvalue weighted by Crippen LogP contribution is 2.43. The molecular formula is C24H29F3N2O2. The SMILES string of the molecule is COc1ccc([C@@H]2Cc3c(cccc3C(F)(F)F)N(CCNC(C)C)C(=O)[C@@H]2C)cc1. The zero-order valence-corrected chi connectivity index (χ0v) is 18.3. The van der Waals surface area contributed by atoms with Gasteiger partial charge in [-0.2, -0.15) is 13.2 Å². The van der Waals surface area contributed by atoms with Gasteiger partial charge in [0.15, 0.2) is 0 Å². The summed E-state index contributed by atoms with van der Waals surface area (Å²) in [6.07, 6.45) is -4.35. The highest BCUT2D eigenvalue weighted by molar-refractivity contribution is 5.97. The number of hydrogen-bond acceptors (Lipinski definition) is 3. The summed E-state index contributed by atoms with van der Waals surface area (Å²) in [5.74, 6) is -0.344. The lowest BCUT2D eigenvalue weighted by Crippen LogP contribution is -2.41. The minimum atomic E-state index is -4.49. The van der Waals surface area contributed by atoms with E-state index in [1.54, 1.807) is 32.2 Å². The van der Waals surface area contributed by atoms with Gasteiger partial charge in [0.25, 0.3) is 0 Å². The van der Waals surface area contributed by atoms with E-state index in [-0.39, 0.29) is 29.9 Å². The first kappa shape index (κ1) is 23.1. The fraction of sp³-hybridized carbons (Fsp3) is 0.458. The Labute approximate surface area is 181 Å². The van der Waals surface area contributed by atoms with Gasteiger partial charge in [-0.3, -0.25) is 4.79 Å². The standard InChI is InChI=1S/C24H29F3N2O2/c1-15(2)28-12-13-29-22-7-5-6-21(24(25,26)27)20(22)14-19(16(3)23(29)30)17-8-10-18(31-4)11-9-17/h5-11,15-16,19,28H,12-14H2,1-4H3/t16-,19-/m1/s1. The van der Waals surface area contributed by atoms with Crippen LogP contribution in [0.2, 0.25) is 0 Å². The van der Waals surface area contributed by atoms with Crippen molar-refractivity contribution in [2.45, 2.75) is 45.3 Å². The fourth-order valence-electron chi connectivity index (χ4n) is 4.19. The van der Waals surface area contributed by atoms with Crippen molar-refractivity contribution in [3.63, 3.8) is 0 Å². The summed E-state index contributed by atoms with van der Waals surface area (Å²) in [6.45, 7) is 6.59. The maximum Gasteiger partial charge on any atom is 0.416 e. The molecule has 1 amide bonds. The highest BCUT2D eigenvalue weighted by atomic mass is 19.4. The van der Waals surface area contributed by atoms with E-state index in [1.807, 2.05) is 26.0 Å². The molecule has 0 aromatic heterocycles. The van der Waals surface area contributed by atoms with Gasteiger partial charge in [-0.05, 0) is 47.7 Å². The van der Waals surface area contributed by atoms with E-state index >= 15 is 0 Å². The van der Waals surface area contributed by atoms with E-state index in [0.717, 1.165) is 11.6 Å². The van der Waals surface area contributed by atoms with Crippen molar-refractivity contribution in [2.75, 3.05) is 25.1 Å². The van der Waals surface area contributed by atoms with Crippen LogP contribution in [-0.4, -0.2) is 32.1 Å². The molecule has 7 heteroatoms. The first-order chi connectivity index (χ1) is 14.6. The normalized spacial score (nSPS) is 19.4. The predicted octanol–water partition coefficient (Wildman–Crippen LogP) is 5.02. The Morgan fingerprint density at radius 3 is 2.42 bits per heavy atom. The third kappa shape index (κ3) is 5.03. The highest BCUT2D eigenvalue weighted by Gasteiger charge is 2.40. The van der Waals surface area contributed by atoms with E-state index in [1.165, 1.54) is 11.0 Å². The molecule has 0 saturated carbocycles. The number of carbonyl (C=O) groups excluding carboxylic acids is 1. The van der Waals surface area contributed by atoms with Crippen molar-refractivity contribution in [1.82, 2.24) is 5.32 Å². The van der Waals surface area contributed by atoms with Gasteiger partial charge in [0, 0.05) is 30.7 Å². The van der Waals surface area contributed by atoms with E-state index in [2.05, 4.69) is 5.32 Å². The Morgan fingerprint density at radius 2 is 1.84 bits per heavy atom. The number of halogens is 3. The molecule has 2 aromatic carbocycles. The maximum atomic E-state index is 13.9. The van der Waals surface area contributed by atoms with Gasteiger partial charge >= 0.3 is 6.18 Å². The summed E-state index contributed by atoms with van der Waals surface area (Å²) in [4.78, 5) is 15.0. The average molecular weight is 435 g/mol. The molecule has 4 nitrogen and oxygen atoms in total. The van der Waals surface area contributed by atoms with Crippen LogP contribution in [0.25, 0.3) is 0 Å². The molecule has 1 aliphatic rings. The second kappa shape index (κ2) is 9.30. The Morgan fingerprint density at radius 1 is 1.16 bits per heavy atom. The molecule has 0 aliphatic carbocycles. The van der Waals surface area contributed by atoms with Crippen LogP contribution >= 0.6 is 0 Å². The summed E-state index contributed by atoms with van der Waals surface area (Å²) in [5.41, 5.74) is 0.685. The van der Waals surface area contributed by atoms with Crippen LogP contribution in [-0.2, 0) is 17.4 Å². The number of alkyl halides is 3. The lowest BCUT2D eigenvalue weighted by Gasteiger charge is -2.27. The number of rotatable bonds is 6.